The summed E-state index contributed by atoms with van der Waals surface area (Å²) in [5, 5.41) is 1.22. The van der Waals surface area contributed by atoms with E-state index in [1.807, 2.05) is 32.0 Å². The number of nitrogens with two attached hydrogens (primary N) is 1. The molecule has 2 N–H and O–H groups in total. The van der Waals surface area contributed by atoms with Gasteiger partial charge in [-0.25, -0.2) is 0 Å². The first-order chi connectivity index (χ1) is 8.97. The van der Waals surface area contributed by atoms with Gasteiger partial charge in [0, 0.05) is 27.4 Å². The Morgan fingerprint density at radius 2 is 1.79 bits per heavy atom. The van der Waals surface area contributed by atoms with E-state index in [9.17, 15) is 0 Å². The van der Waals surface area contributed by atoms with E-state index in [0.717, 1.165) is 28.1 Å². The van der Waals surface area contributed by atoms with Crippen LogP contribution in [0.2, 0.25) is 10.0 Å². The standard InChI is InChI=1S/C15H15Cl2NO/c1-9-5-10(2)15(7-14(9)18)19-8-11-3-4-12(16)6-13(11)17/h3-7H,8,18H2,1-2H3. The SMILES string of the molecule is Cc1cc(C)c(OCc2ccc(Cl)cc2Cl)cc1N. The fraction of sp³-hybridized carbons (Fsp3) is 0.200. The summed E-state index contributed by atoms with van der Waals surface area (Å²) in [6, 6.07) is 9.21. The highest BCUT2D eigenvalue weighted by Crippen LogP contribution is 2.27. The summed E-state index contributed by atoms with van der Waals surface area (Å²) in [6.07, 6.45) is 0. The van der Waals surface area contributed by atoms with Gasteiger partial charge in [-0.05, 0) is 37.1 Å². The Labute approximate surface area is 123 Å². The summed E-state index contributed by atoms with van der Waals surface area (Å²) >= 11 is 12.0. The number of rotatable bonds is 3. The minimum atomic E-state index is 0.388. The molecule has 4 heteroatoms. The van der Waals surface area contributed by atoms with Crippen molar-refractivity contribution in [3.63, 3.8) is 0 Å². The molecule has 0 heterocycles. The van der Waals surface area contributed by atoms with Crippen molar-refractivity contribution in [3.05, 3.63) is 57.1 Å². The second-order valence-electron chi connectivity index (χ2n) is 4.50. The molecular formula is C15H15Cl2NO. The lowest BCUT2D eigenvalue weighted by atomic mass is 10.1. The highest BCUT2D eigenvalue weighted by atomic mass is 35.5. The molecule has 0 fully saturated rings. The number of anilines is 1. The minimum Gasteiger partial charge on any atom is -0.489 e. The normalized spacial score (nSPS) is 10.5. The Bertz CT molecular complexity index is 611. The number of hydrogen-bond donors (Lipinski definition) is 1. The van der Waals surface area contributed by atoms with Gasteiger partial charge in [0.05, 0.1) is 0 Å². The van der Waals surface area contributed by atoms with Gasteiger partial charge in [0.1, 0.15) is 12.4 Å². The van der Waals surface area contributed by atoms with E-state index in [0.29, 0.717) is 16.7 Å². The van der Waals surface area contributed by atoms with Crippen LogP contribution in [-0.4, -0.2) is 0 Å². The second-order valence-corrected chi connectivity index (χ2v) is 5.34. The van der Waals surface area contributed by atoms with Gasteiger partial charge in [-0.2, -0.15) is 0 Å². The second kappa shape index (κ2) is 5.72. The van der Waals surface area contributed by atoms with Crippen LogP contribution in [0.4, 0.5) is 5.69 Å². The third-order valence-electron chi connectivity index (χ3n) is 2.96. The quantitative estimate of drug-likeness (QED) is 0.828. The number of ether oxygens (including phenoxy) is 1. The van der Waals surface area contributed by atoms with E-state index in [2.05, 4.69) is 0 Å². The molecule has 2 nitrogen and oxygen atoms in total. The first-order valence-electron chi connectivity index (χ1n) is 5.91. The molecule has 0 aromatic heterocycles. The van der Waals surface area contributed by atoms with Crippen molar-refractivity contribution in [3.8, 4) is 5.75 Å². The van der Waals surface area contributed by atoms with Crippen LogP contribution in [0.1, 0.15) is 16.7 Å². The summed E-state index contributed by atoms with van der Waals surface area (Å²) < 4.78 is 5.77. The van der Waals surface area contributed by atoms with Gasteiger partial charge >= 0.3 is 0 Å². The van der Waals surface area contributed by atoms with Crippen molar-refractivity contribution < 1.29 is 4.74 Å². The van der Waals surface area contributed by atoms with Gasteiger partial charge in [0.15, 0.2) is 0 Å². The molecule has 0 bridgehead atoms. The molecule has 0 aliphatic rings. The first kappa shape index (κ1) is 14.0. The summed E-state index contributed by atoms with van der Waals surface area (Å²) in [7, 11) is 0. The zero-order valence-electron chi connectivity index (χ0n) is 10.8. The van der Waals surface area contributed by atoms with Crippen molar-refractivity contribution in [1.29, 1.82) is 0 Å². The predicted octanol–water partition coefficient (Wildman–Crippen LogP) is 4.77. The van der Waals surface area contributed by atoms with Crippen LogP contribution in [-0.2, 0) is 6.61 Å². The summed E-state index contributed by atoms with van der Waals surface area (Å²) in [6.45, 7) is 4.35. The van der Waals surface area contributed by atoms with E-state index in [1.165, 1.54) is 0 Å². The fourth-order valence-electron chi connectivity index (χ4n) is 1.80. The van der Waals surface area contributed by atoms with Crippen LogP contribution >= 0.6 is 23.2 Å². The molecule has 2 rings (SSSR count). The van der Waals surface area contributed by atoms with Crippen molar-refractivity contribution in [1.82, 2.24) is 0 Å². The molecule has 0 unspecified atom stereocenters. The molecule has 0 spiro atoms. The van der Waals surface area contributed by atoms with E-state index in [1.54, 1.807) is 12.1 Å². The lowest BCUT2D eigenvalue weighted by molar-refractivity contribution is 0.304. The molecule has 19 heavy (non-hydrogen) atoms. The van der Waals surface area contributed by atoms with Crippen molar-refractivity contribution in [2.24, 2.45) is 0 Å². The lowest BCUT2D eigenvalue weighted by Crippen LogP contribution is -2.00. The number of aryl methyl sites for hydroxylation is 2. The molecule has 0 saturated heterocycles. The summed E-state index contributed by atoms with van der Waals surface area (Å²) in [4.78, 5) is 0. The zero-order chi connectivity index (χ0) is 14.0. The maximum Gasteiger partial charge on any atom is 0.124 e. The maximum absolute atomic E-state index is 6.10. The topological polar surface area (TPSA) is 35.2 Å². The summed E-state index contributed by atoms with van der Waals surface area (Å²) in [5.41, 5.74) is 9.61. The van der Waals surface area contributed by atoms with E-state index in [4.69, 9.17) is 33.7 Å². The molecule has 0 saturated carbocycles. The molecule has 0 aliphatic heterocycles. The van der Waals surface area contributed by atoms with E-state index < -0.39 is 0 Å². The Hall–Kier alpha value is -1.38. The van der Waals surface area contributed by atoms with Crippen molar-refractivity contribution in [2.75, 3.05) is 5.73 Å². The molecule has 0 atom stereocenters. The molecule has 0 radical (unpaired) electrons. The number of halogens is 2. The molecular weight excluding hydrogens is 281 g/mol. The smallest absolute Gasteiger partial charge is 0.124 e. The molecule has 0 amide bonds. The zero-order valence-corrected chi connectivity index (χ0v) is 12.3. The van der Waals surface area contributed by atoms with Crippen LogP contribution in [0, 0.1) is 13.8 Å². The Balaban J connectivity index is 2.16. The minimum absolute atomic E-state index is 0.388. The van der Waals surface area contributed by atoms with Gasteiger partial charge in [-0.1, -0.05) is 35.3 Å². The number of benzene rings is 2. The van der Waals surface area contributed by atoms with Crippen LogP contribution in [0.3, 0.4) is 0 Å². The van der Waals surface area contributed by atoms with Gasteiger partial charge < -0.3 is 10.5 Å². The van der Waals surface area contributed by atoms with E-state index >= 15 is 0 Å². The predicted molar refractivity (Wildman–Crippen MR) is 81.1 cm³/mol. The maximum atomic E-state index is 6.10. The van der Waals surface area contributed by atoms with Crippen LogP contribution < -0.4 is 10.5 Å². The van der Waals surface area contributed by atoms with Crippen LogP contribution in [0.15, 0.2) is 30.3 Å². The third-order valence-corrected chi connectivity index (χ3v) is 3.55. The lowest BCUT2D eigenvalue weighted by Gasteiger charge is -2.12. The van der Waals surface area contributed by atoms with Crippen LogP contribution in [0.25, 0.3) is 0 Å². The third kappa shape index (κ3) is 3.34. The summed E-state index contributed by atoms with van der Waals surface area (Å²) in [5.74, 6) is 0.772. The number of hydrogen-bond acceptors (Lipinski definition) is 2. The highest BCUT2D eigenvalue weighted by Gasteiger charge is 2.06. The Kier molecular flexibility index (Phi) is 4.23. The monoisotopic (exact) mass is 295 g/mol. The molecule has 0 aliphatic carbocycles. The number of nitrogen functional groups attached to an aromatic ring is 1. The first-order valence-corrected chi connectivity index (χ1v) is 6.66. The fourth-order valence-corrected chi connectivity index (χ4v) is 2.26. The Morgan fingerprint density at radius 3 is 2.47 bits per heavy atom. The largest absolute Gasteiger partial charge is 0.489 e. The molecule has 100 valence electrons. The van der Waals surface area contributed by atoms with Gasteiger partial charge in [-0.3, -0.25) is 0 Å². The van der Waals surface area contributed by atoms with E-state index in [-0.39, 0.29) is 0 Å². The van der Waals surface area contributed by atoms with Crippen LogP contribution in [0.5, 0.6) is 5.75 Å². The molecule has 2 aromatic carbocycles. The average molecular weight is 296 g/mol. The van der Waals surface area contributed by atoms with Crippen molar-refractivity contribution >= 4 is 28.9 Å². The van der Waals surface area contributed by atoms with Gasteiger partial charge in [0.2, 0.25) is 0 Å². The van der Waals surface area contributed by atoms with Gasteiger partial charge in [0.25, 0.3) is 0 Å². The molecule has 2 aromatic rings. The highest BCUT2D eigenvalue weighted by molar-refractivity contribution is 6.35. The van der Waals surface area contributed by atoms with Crippen molar-refractivity contribution in [2.45, 2.75) is 20.5 Å². The Morgan fingerprint density at radius 1 is 1.05 bits per heavy atom. The average Bonchev–Trinajstić information content (AvgIpc) is 2.34. The van der Waals surface area contributed by atoms with Gasteiger partial charge in [-0.15, -0.1) is 0 Å².